The van der Waals surface area contributed by atoms with E-state index in [-0.39, 0.29) is 0 Å². The molecule has 7 nitrogen and oxygen atoms in total. The molecular weight excluding hydrogens is 308 g/mol. The molecule has 0 aromatic carbocycles. The molecule has 0 aliphatic carbocycles. The summed E-state index contributed by atoms with van der Waals surface area (Å²) in [5.74, 6) is 2.53. The van der Waals surface area contributed by atoms with Gasteiger partial charge in [0.2, 0.25) is 0 Å². The first-order valence-corrected chi connectivity index (χ1v) is 8.52. The number of aromatic nitrogens is 3. The molecule has 0 saturated carbocycles. The fraction of sp³-hybridized carbons (Fsp3) is 0.647. The lowest BCUT2D eigenvalue weighted by molar-refractivity contribution is 0.00209. The van der Waals surface area contributed by atoms with E-state index in [4.69, 9.17) is 9.15 Å². The molecule has 3 rings (SSSR count). The van der Waals surface area contributed by atoms with Crippen molar-refractivity contribution in [3.8, 4) is 0 Å². The van der Waals surface area contributed by atoms with Gasteiger partial charge in [-0.05, 0) is 45.4 Å². The standard InChI is InChI=1S/C17H26N4O3/c1-13-18-14(2)21(19-13)9-15-5-3-7-20(15)10-16(22)11-23-12-17-6-4-8-24-17/h4,6,8,15-16,22H,3,5,7,9-12H2,1-2H3/t15-,16+/m0/s1. The number of hydrogen-bond acceptors (Lipinski definition) is 6. The van der Waals surface area contributed by atoms with Crippen LogP contribution in [0.3, 0.4) is 0 Å². The number of β-amino-alcohol motifs (C(OH)–C–C–N with tert-alkyl or cyclic N) is 1. The van der Waals surface area contributed by atoms with E-state index in [1.807, 2.05) is 30.7 Å². The first-order chi connectivity index (χ1) is 11.6. The summed E-state index contributed by atoms with van der Waals surface area (Å²) < 4.78 is 12.7. The molecule has 0 bridgehead atoms. The van der Waals surface area contributed by atoms with E-state index < -0.39 is 6.10 Å². The minimum Gasteiger partial charge on any atom is -0.467 e. The molecule has 0 unspecified atom stereocenters. The van der Waals surface area contributed by atoms with Crippen molar-refractivity contribution in [3.63, 3.8) is 0 Å². The van der Waals surface area contributed by atoms with Gasteiger partial charge in [0, 0.05) is 12.6 Å². The van der Waals surface area contributed by atoms with Gasteiger partial charge in [-0.1, -0.05) is 0 Å². The lowest BCUT2D eigenvalue weighted by Crippen LogP contribution is -2.40. The summed E-state index contributed by atoms with van der Waals surface area (Å²) in [5.41, 5.74) is 0. The molecule has 3 heterocycles. The number of aryl methyl sites for hydroxylation is 2. The number of rotatable bonds is 8. The van der Waals surface area contributed by atoms with Crippen LogP contribution in [-0.4, -0.2) is 56.6 Å². The summed E-state index contributed by atoms with van der Waals surface area (Å²) in [6.45, 7) is 7.05. The number of hydrogen-bond donors (Lipinski definition) is 1. The van der Waals surface area contributed by atoms with Gasteiger partial charge < -0.3 is 14.3 Å². The van der Waals surface area contributed by atoms with Gasteiger partial charge in [0.05, 0.1) is 25.5 Å². The lowest BCUT2D eigenvalue weighted by Gasteiger charge is -2.26. The van der Waals surface area contributed by atoms with Crippen LogP contribution in [0.25, 0.3) is 0 Å². The van der Waals surface area contributed by atoms with E-state index in [0.29, 0.717) is 25.8 Å². The van der Waals surface area contributed by atoms with Crippen LogP contribution in [0.2, 0.25) is 0 Å². The number of nitrogens with zero attached hydrogens (tertiary/aromatic N) is 4. The Morgan fingerprint density at radius 3 is 3.04 bits per heavy atom. The third kappa shape index (κ3) is 4.43. The van der Waals surface area contributed by atoms with Gasteiger partial charge >= 0.3 is 0 Å². The highest BCUT2D eigenvalue weighted by Gasteiger charge is 2.27. The third-order valence-electron chi connectivity index (χ3n) is 4.43. The molecule has 0 amide bonds. The number of likely N-dealkylation sites (tertiary alicyclic amines) is 1. The first-order valence-electron chi connectivity index (χ1n) is 8.52. The lowest BCUT2D eigenvalue weighted by atomic mass is 10.2. The molecule has 24 heavy (non-hydrogen) atoms. The van der Waals surface area contributed by atoms with E-state index in [9.17, 15) is 5.11 Å². The molecule has 2 aromatic heterocycles. The van der Waals surface area contributed by atoms with Crippen molar-refractivity contribution in [2.75, 3.05) is 19.7 Å². The largest absolute Gasteiger partial charge is 0.467 e. The average Bonchev–Trinajstić information content (AvgIpc) is 3.24. The maximum absolute atomic E-state index is 10.2. The molecule has 7 heteroatoms. The van der Waals surface area contributed by atoms with Crippen molar-refractivity contribution in [2.45, 2.75) is 52.0 Å². The highest BCUT2D eigenvalue weighted by molar-refractivity contribution is 4.96. The van der Waals surface area contributed by atoms with Gasteiger partial charge in [-0.25, -0.2) is 9.67 Å². The minimum absolute atomic E-state index is 0.311. The molecule has 0 spiro atoms. The minimum atomic E-state index is -0.501. The second kappa shape index (κ2) is 7.92. The summed E-state index contributed by atoms with van der Waals surface area (Å²) in [7, 11) is 0. The third-order valence-corrected chi connectivity index (χ3v) is 4.43. The predicted molar refractivity (Wildman–Crippen MR) is 88.5 cm³/mol. The average molecular weight is 334 g/mol. The highest BCUT2D eigenvalue weighted by atomic mass is 16.5. The van der Waals surface area contributed by atoms with Crippen LogP contribution >= 0.6 is 0 Å². The molecular formula is C17H26N4O3. The van der Waals surface area contributed by atoms with Crippen molar-refractivity contribution < 1.29 is 14.3 Å². The van der Waals surface area contributed by atoms with Crippen molar-refractivity contribution in [1.29, 1.82) is 0 Å². The van der Waals surface area contributed by atoms with Crippen LogP contribution in [0.1, 0.15) is 30.3 Å². The normalized spacial score (nSPS) is 19.9. The Hall–Kier alpha value is -1.70. The van der Waals surface area contributed by atoms with E-state index in [1.54, 1.807) is 6.26 Å². The maximum atomic E-state index is 10.2. The zero-order valence-corrected chi connectivity index (χ0v) is 14.4. The van der Waals surface area contributed by atoms with Crippen LogP contribution in [0, 0.1) is 13.8 Å². The van der Waals surface area contributed by atoms with E-state index in [2.05, 4.69) is 15.0 Å². The second-order valence-electron chi connectivity index (χ2n) is 6.43. The summed E-state index contributed by atoms with van der Waals surface area (Å²) in [4.78, 5) is 6.69. The Kier molecular flexibility index (Phi) is 5.65. The zero-order chi connectivity index (χ0) is 16.9. The molecule has 1 fully saturated rings. The van der Waals surface area contributed by atoms with Gasteiger partial charge in [-0.3, -0.25) is 4.90 Å². The Bertz CT molecular complexity index is 626. The molecule has 1 N–H and O–H groups in total. The Balaban J connectivity index is 1.45. The molecule has 0 radical (unpaired) electrons. The highest BCUT2D eigenvalue weighted by Crippen LogP contribution is 2.19. The van der Waals surface area contributed by atoms with Crippen molar-refractivity contribution >= 4 is 0 Å². The first kappa shape index (κ1) is 17.1. The fourth-order valence-electron chi connectivity index (χ4n) is 3.29. The van der Waals surface area contributed by atoms with Crippen LogP contribution < -0.4 is 0 Å². The Morgan fingerprint density at radius 1 is 1.46 bits per heavy atom. The fourth-order valence-corrected chi connectivity index (χ4v) is 3.29. The van der Waals surface area contributed by atoms with Gasteiger partial charge in [0.1, 0.15) is 24.0 Å². The number of aliphatic hydroxyl groups is 1. The summed E-state index contributed by atoms with van der Waals surface area (Å²) in [5, 5.41) is 14.7. The molecule has 1 saturated heterocycles. The van der Waals surface area contributed by atoms with Crippen molar-refractivity contribution in [1.82, 2.24) is 19.7 Å². The van der Waals surface area contributed by atoms with E-state index in [0.717, 1.165) is 43.3 Å². The quantitative estimate of drug-likeness (QED) is 0.789. The topological polar surface area (TPSA) is 76.6 Å². The van der Waals surface area contributed by atoms with Crippen LogP contribution in [0.4, 0.5) is 0 Å². The molecule has 132 valence electrons. The zero-order valence-electron chi connectivity index (χ0n) is 14.4. The summed E-state index contributed by atoms with van der Waals surface area (Å²) in [6.07, 6.45) is 3.40. The van der Waals surface area contributed by atoms with E-state index >= 15 is 0 Å². The second-order valence-corrected chi connectivity index (χ2v) is 6.43. The SMILES string of the molecule is Cc1nc(C)n(C[C@@H]2CCCN2C[C@@H](O)COCc2ccco2)n1. The number of ether oxygens (including phenoxy) is 1. The number of furan rings is 1. The van der Waals surface area contributed by atoms with Gasteiger partial charge in [-0.2, -0.15) is 5.10 Å². The van der Waals surface area contributed by atoms with Crippen LogP contribution in [0.15, 0.2) is 22.8 Å². The monoisotopic (exact) mass is 334 g/mol. The smallest absolute Gasteiger partial charge is 0.147 e. The molecule has 2 aromatic rings. The summed E-state index contributed by atoms with van der Waals surface area (Å²) >= 11 is 0. The van der Waals surface area contributed by atoms with Gasteiger partial charge in [-0.15, -0.1) is 0 Å². The number of aliphatic hydroxyl groups excluding tert-OH is 1. The Labute approximate surface area is 142 Å². The Morgan fingerprint density at radius 2 is 2.33 bits per heavy atom. The maximum Gasteiger partial charge on any atom is 0.147 e. The van der Waals surface area contributed by atoms with Crippen molar-refractivity contribution in [3.05, 3.63) is 35.8 Å². The van der Waals surface area contributed by atoms with E-state index in [1.165, 1.54) is 0 Å². The van der Waals surface area contributed by atoms with Gasteiger partial charge in [0.25, 0.3) is 0 Å². The molecule has 1 aliphatic heterocycles. The van der Waals surface area contributed by atoms with Gasteiger partial charge in [0.15, 0.2) is 0 Å². The van der Waals surface area contributed by atoms with Crippen LogP contribution in [-0.2, 0) is 17.9 Å². The summed E-state index contributed by atoms with van der Waals surface area (Å²) in [6, 6.07) is 4.09. The predicted octanol–water partition coefficient (Wildman–Crippen LogP) is 1.53. The molecule has 1 aliphatic rings. The van der Waals surface area contributed by atoms with Crippen molar-refractivity contribution in [2.24, 2.45) is 0 Å². The molecule has 2 atom stereocenters. The van der Waals surface area contributed by atoms with Crippen LogP contribution in [0.5, 0.6) is 0 Å².